The Morgan fingerprint density at radius 2 is 1.79 bits per heavy atom. The molecule has 0 saturated carbocycles. The maximum atomic E-state index is 13.3. The molecule has 7 nitrogen and oxygen atoms in total. The minimum absolute atomic E-state index is 0.0100. The Bertz CT molecular complexity index is 787. The number of amides is 1. The molecule has 1 spiro atoms. The molecule has 2 aliphatic rings. The van der Waals surface area contributed by atoms with Crippen molar-refractivity contribution in [3.05, 3.63) is 39.6 Å². The second-order valence-electron chi connectivity index (χ2n) is 7.21. The number of rotatable bonds is 6. The van der Waals surface area contributed by atoms with Crippen molar-refractivity contribution in [2.45, 2.75) is 32.2 Å². The molecule has 1 saturated heterocycles. The fraction of sp³-hybridized carbons (Fsp3) is 0.550. The molecule has 8 heteroatoms. The number of nitrogens with zero attached hydrogens (tertiary/aromatic N) is 2. The van der Waals surface area contributed by atoms with Crippen molar-refractivity contribution in [2.75, 3.05) is 40.5 Å². The van der Waals surface area contributed by atoms with Gasteiger partial charge in [-0.15, -0.1) is 0 Å². The molecule has 1 fully saturated rings. The number of aliphatic hydroxyl groups excluding tert-OH is 1. The van der Waals surface area contributed by atoms with E-state index in [0.717, 1.165) is 11.1 Å². The molecule has 1 aromatic carbocycles. The summed E-state index contributed by atoms with van der Waals surface area (Å²) in [7, 11) is 3.18. The number of ether oxygens (including phenoxy) is 1. The number of piperidine rings is 1. The number of aryl methyl sites for hydroxylation is 2. The molecule has 0 unspecified atom stereocenters. The smallest absolute Gasteiger partial charge is 0.282 e. The summed E-state index contributed by atoms with van der Waals surface area (Å²) < 4.78 is 5.05. The zero-order valence-electron chi connectivity index (χ0n) is 16.7. The summed E-state index contributed by atoms with van der Waals surface area (Å²) in [6, 6.07) is 3.66. The van der Waals surface area contributed by atoms with E-state index in [1.807, 2.05) is 26.0 Å². The molecule has 0 radical (unpaired) electrons. The number of carbonyl (C=O) groups excluding carboxylic acids is 1. The highest BCUT2D eigenvalue weighted by atomic mass is 35.5. The van der Waals surface area contributed by atoms with Crippen LogP contribution in [0, 0.1) is 13.8 Å². The monoisotopic (exact) mass is 410 g/mol. The predicted octanol–water partition coefficient (Wildman–Crippen LogP) is 3.04. The number of hydrogen-bond donors (Lipinski definition) is 1. The van der Waals surface area contributed by atoms with E-state index in [2.05, 4.69) is 0 Å². The van der Waals surface area contributed by atoms with Gasteiger partial charge in [0.25, 0.3) is 5.91 Å². The van der Waals surface area contributed by atoms with Crippen LogP contribution in [0.1, 0.15) is 29.5 Å². The molecule has 1 aromatic rings. The van der Waals surface area contributed by atoms with Crippen molar-refractivity contribution in [2.24, 2.45) is 0 Å². The van der Waals surface area contributed by atoms with Gasteiger partial charge in [-0.25, -0.2) is 5.06 Å². The Labute approximate surface area is 170 Å². The van der Waals surface area contributed by atoms with Crippen LogP contribution in [-0.4, -0.2) is 67.2 Å². The van der Waals surface area contributed by atoms with Crippen molar-refractivity contribution in [1.82, 2.24) is 10.1 Å². The second kappa shape index (κ2) is 8.39. The lowest BCUT2D eigenvalue weighted by atomic mass is 9.86. The molecule has 0 bridgehead atoms. The fourth-order valence-corrected chi connectivity index (χ4v) is 4.13. The van der Waals surface area contributed by atoms with Gasteiger partial charge in [0.2, 0.25) is 0 Å². The van der Waals surface area contributed by atoms with Crippen molar-refractivity contribution >= 4 is 23.1 Å². The SMILES string of the molecule is COCCON1C(=O)C(c2cc(C)c(C)cc2Cl)=C(O)C12CCN(OC)CC2. The average Bonchev–Trinajstić information content (AvgIpc) is 2.87. The van der Waals surface area contributed by atoms with Crippen LogP contribution in [0.3, 0.4) is 0 Å². The highest BCUT2D eigenvalue weighted by Crippen LogP contribution is 2.46. The van der Waals surface area contributed by atoms with Crippen LogP contribution in [0.4, 0.5) is 0 Å². The maximum absolute atomic E-state index is 13.3. The maximum Gasteiger partial charge on any atom is 0.282 e. The van der Waals surface area contributed by atoms with Crippen molar-refractivity contribution in [3.8, 4) is 0 Å². The Morgan fingerprint density at radius 3 is 2.39 bits per heavy atom. The van der Waals surface area contributed by atoms with Crippen LogP contribution >= 0.6 is 11.6 Å². The summed E-state index contributed by atoms with van der Waals surface area (Å²) in [6.45, 7) is 5.57. The molecule has 0 atom stereocenters. The van der Waals surface area contributed by atoms with Gasteiger partial charge < -0.3 is 14.7 Å². The van der Waals surface area contributed by atoms with Crippen LogP contribution in [-0.2, 0) is 19.2 Å². The van der Waals surface area contributed by atoms with Gasteiger partial charge >= 0.3 is 0 Å². The van der Waals surface area contributed by atoms with Gasteiger partial charge in [0.1, 0.15) is 11.3 Å². The Morgan fingerprint density at radius 1 is 1.14 bits per heavy atom. The van der Waals surface area contributed by atoms with Crippen LogP contribution < -0.4 is 0 Å². The van der Waals surface area contributed by atoms with E-state index in [9.17, 15) is 9.90 Å². The number of benzene rings is 1. The van der Waals surface area contributed by atoms with E-state index in [4.69, 9.17) is 26.0 Å². The van der Waals surface area contributed by atoms with Gasteiger partial charge in [-0.1, -0.05) is 11.6 Å². The van der Waals surface area contributed by atoms with Crippen LogP contribution in [0.15, 0.2) is 17.9 Å². The standard InChI is InChI=1S/C20H27ClN2O5/c1-13-11-15(16(21)12-14(13)2)17-18(24)20(5-7-22(27-4)8-6-20)23(19(17)25)28-10-9-26-3/h11-12,24H,5-10H2,1-4H3. The first kappa shape index (κ1) is 21.1. The van der Waals surface area contributed by atoms with E-state index in [0.29, 0.717) is 43.1 Å². The molecule has 2 aliphatic heterocycles. The molecule has 28 heavy (non-hydrogen) atoms. The van der Waals surface area contributed by atoms with E-state index >= 15 is 0 Å². The third-order valence-electron chi connectivity index (χ3n) is 5.63. The summed E-state index contributed by atoms with van der Waals surface area (Å²) in [4.78, 5) is 24.4. The zero-order chi connectivity index (χ0) is 20.5. The van der Waals surface area contributed by atoms with Crippen LogP contribution in [0.5, 0.6) is 0 Å². The molecule has 0 aliphatic carbocycles. The zero-order valence-corrected chi connectivity index (χ0v) is 17.5. The number of aliphatic hydroxyl groups is 1. The summed E-state index contributed by atoms with van der Waals surface area (Å²) in [5.74, 6) is -0.375. The minimum atomic E-state index is -0.933. The van der Waals surface area contributed by atoms with Crippen molar-refractivity contribution < 1.29 is 24.3 Å². The quantitative estimate of drug-likeness (QED) is 0.727. The molecule has 1 amide bonds. The first-order valence-electron chi connectivity index (χ1n) is 9.32. The first-order chi connectivity index (χ1) is 13.4. The number of methoxy groups -OCH3 is 1. The largest absolute Gasteiger partial charge is 0.509 e. The molecule has 1 N–H and O–H groups in total. The van der Waals surface area contributed by atoms with E-state index in [-0.39, 0.29) is 23.8 Å². The normalized spacial score (nSPS) is 19.9. The predicted molar refractivity (Wildman–Crippen MR) is 106 cm³/mol. The lowest BCUT2D eigenvalue weighted by molar-refractivity contribution is -0.235. The lowest BCUT2D eigenvalue weighted by Gasteiger charge is -2.42. The molecule has 2 heterocycles. The minimum Gasteiger partial charge on any atom is -0.509 e. The van der Waals surface area contributed by atoms with Gasteiger partial charge in [-0.2, -0.15) is 5.06 Å². The highest BCUT2D eigenvalue weighted by molar-refractivity contribution is 6.35. The summed E-state index contributed by atoms with van der Waals surface area (Å²) in [6.07, 6.45) is 0.967. The molecule has 3 rings (SSSR count). The van der Waals surface area contributed by atoms with Crippen LogP contribution in [0.25, 0.3) is 5.57 Å². The number of halogens is 1. The summed E-state index contributed by atoms with van der Waals surface area (Å²) in [5, 5.41) is 14.8. The second-order valence-corrected chi connectivity index (χ2v) is 7.62. The molecular formula is C20H27ClN2O5. The van der Waals surface area contributed by atoms with Gasteiger partial charge in [-0.3, -0.25) is 9.63 Å². The van der Waals surface area contributed by atoms with Gasteiger partial charge in [0.05, 0.1) is 25.9 Å². The number of carbonyl (C=O) groups is 1. The highest BCUT2D eigenvalue weighted by Gasteiger charge is 2.55. The van der Waals surface area contributed by atoms with E-state index in [1.54, 1.807) is 19.3 Å². The summed E-state index contributed by atoms with van der Waals surface area (Å²) >= 11 is 6.45. The van der Waals surface area contributed by atoms with Gasteiger partial charge in [-0.05, 0) is 49.9 Å². The third kappa shape index (κ3) is 3.53. The van der Waals surface area contributed by atoms with E-state index < -0.39 is 5.54 Å². The molecular weight excluding hydrogens is 384 g/mol. The average molecular weight is 411 g/mol. The Hall–Kier alpha value is -1.64. The number of hydroxylamine groups is 4. The first-order valence-corrected chi connectivity index (χ1v) is 9.70. The van der Waals surface area contributed by atoms with Gasteiger partial charge in [0.15, 0.2) is 0 Å². The molecule has 154 valence electrons. The Balaban J connectivity index is 2.04. The van der Waals surface area contributed by atoms with Crippen molar-refractivity contribution in [3.63, 3.8) is 0 Å². The fourth-order valence-electron chi connectivity index (χ4n) is 3.81. The van der Waals surface area contributed by atoms with Crippen LogP contribution in [0.2, 0.25) is 5.02 Å². The summed E-state index contributed by atoms with van der Waals surface area (Å²) in [5.41, 5.74) is 1.82. The van der Waals surface area contributed by atoms with Crippen molar-refractivity contribution in [1.29, 1.82) is 0 Å². The molecule has 0 aromatic heterocycles. The number of hydrogen-bond acceptors (Lipinski definition) is 6. The Kier molecular flexibility index (Phi) is 6.31. The van der Waals surface area contributed by atoms with Gasteiger partial charge in [0, 0.05) is 30.8 Å². The van der Waals surface area contributed by atoms with E-state index in [1.165, 1.54) is 5.06 Å². The lowest BCUT2D eigenvalue weighted by Crippen LogP contribution is -2.55. The third-order valence-corrected chi connectivity index (χ3v) is 5.95. The topological polar surface area (TPSA) is 71.5 Å².